The van der Waals surface area contributed by atoms with Gasteiger partial charge >= 0.3 is 0 Å². The third kappa shape index (κ3) is 11.9. The lowest BCUT2D eigenvalue weighted by Gasteiger charge is -2.08. The molecule has 0 aliphatic carbocycles. The molecule has 0 saturated heterocycles. The van der Waals surface area contributed by atoms with E-state index in [0.29, 0.717) is 39.5 Å². The molecule has 0 N–H and O–H groups in total. The maximum absolute atomic E-state index is 5.28. The van der Waals surface area contributed by atoms with E-state index < -0.39 is 0 Å². The highest BCUT2D eigenvalue weighted by Crippen LogP contribution is 1.87. The summed E-state index contributed by atoms with van der Waals surface area (Å²) < 4.78 is 15.6. The first-order valence-electron chi connectivity index (χ1n) is 4.74. The van der Waals surface area contributed by atoms with Crippen LogP contribution in [0, 0.1) is 6.92 Å². The van der Waals surface area contributed by atoms with Gasteiger partial charge in [0, 0.05) is 6.61 Å². The lowest BCUT2D eigenvalue weighted by Crippen LogP contribution is -2.12. The predicted octanol–water partition coefficient (Wildman–Crippen LogP) is 1.55. The van der Waals surface area contributed by atoms with Crippen LogP contribution in [-0.2, 0) is 14.2 Å². The minimum absolute atomic E-state index is 0.275. The molecule has 0 aromatic rings. The van der Waals surface area contributed by atoms with Crippen molar-refractivity contribution in [2.24, 2.45) is 0 Å². The third-order valence-corrected chi connectivity index (χ3v) is 1.31. The first kappa shape index (κ1) is 12.9. The van der Waals surface area contributed by atoms with Gasteiger partial charge in [-0.2, -0.15) is 0 Å². The smallest absolute Gasteiger partial charge is 0.0703 e. The fourth-order valence-electron chi connectivity index (χ4n) is 0.748. The number of hydrogen-bond donors (Lipinski definition) is 0. The molecule has 0 aliphatic heterocycles. The predicted molar refractivity (Wildman–Crippen MR) is 51.6 cm³/mol. The zero-order valence-corrected chi connectivity index (χ0v) is 8.62. The standard InChI is InChI=1S/C10H20O3/c1-4-5-11-6-7-12-8-9-13-10(2)3/h1,10H,4-9H2,2-3H3. The normalized spacial score (nSPS) is 11.1. The van der Waals surface area contributed by atoms with E-state index in [2.05, 4.69) is 0 Å². The first-order chi connectivity index (χ1) is 6.27. The van der Waals surface area contributed by atoms with Gasteiger partial charge in [-0.3, -0.25) is 0 Å². The van der Waals surface area contributed by atoms with Crippen molar-refractivity contribution in [3.8, 4) is 0 Å². The van der Waals surface area contributed by atoms with Crippen LogP contribution in [0.2, 0.25) is 0 Å². The van der Waals surface area contributed by atoms with Gasteiger partial charge < -0.3 is 14.2 Å². The molecule has 0 saturated carbocycles. The second-order valence-electron chi connectivity index (χ2n) is 2.93. The van der Waals surface area contributed by atoms with Gasteiger partial charge in [-0.05, 0) is 27.2 Å². The van der Waals surface area contributed by atoms with Crippen molar-refractivity contribution in [3.63, 3.8) is 0 Å². The molecule has 13 heavy (non-hydrogen) atoms. The van der Waals surface area contributed by atoms with E-state index in [9.17, 15) is 0 Å². The quantitative estimate of drug-likeness (QED) is 0.514. The van der Waals surface area contributed by atoms with Gasteiger partial charge in [0.1, 0.15) is 0 Å². The summed E-state index contributed by atoms with van der Waals surface area (Å²) in [4.78, 5) is 0. The van der Waals surface area contributed by atoms with Crippen molar-refractivity contribution >= 4 is 0 Å². The van der Waals surface area contributed by atoms with Gasteiger partial charge in [-0.25, -0.2) is 0 Å². The Bertz CT molecular complexity index is 94.2. The van der Waals surface area contributed by atoms with Crippen LogP contribution in [0.15, 0.2) is 0 Å². The lowest BCUT2D eigenvalue weighted by molar-refractivity contribution is -0.000947. The maximum atomic E-state index is 5.28. The Labute approximate surface area is 81.4 Å². The third-order valence-electron chi connectivity index (χ3n) is 1.31. The van der Waals surface area contributed by atoms with Gasteiger partial charge in [0.05, 0.1) is 32.5 Å². The molecule has 0 aromatic heterocycles. The second kappa shape index (κ2) is 9.96. The Balaban J connectivity index is 2.84. The highest BCUT2D eigenvalue weighted by Gasteiger charge is 1.92. The first-order valence-corrected chi connectivity index (χ1v) is 4.74. The molecule has 0 unspecified atom stereocenters. The van der Waals surface area contributed by atoms with Crippen molar-refractivity contribution in [1.29, 1.82) is 0 Å². The van der Waals surface area contributed by atoms with Crippen molar-refractivity contribution < 1.29 is 14.2 Å². The molecular formula is C10H20O3. The molecule has 0 fully saturated rings. The van der Waals surface area contributed by atoms with E-state index in [1.807, 2.05) is 13.8 Å². The molecule has 3 nitrogen and oxygen atoms in total. The molecule has 0 heterocycles. The molecule has 2 radical (unpaired) electrons. The van der Waals surface area contributed by atoms with E-state index in [1.165, 1.54) is 0 Å². The maximum Gasteiger partial charge on any atom is 0.0703 e. The highest BCUT2D eigenvalue weighted by atomic mass is 16.5. The topological polar surface area (TPSA) is 27.7 Å². The summed E-state index contributed by atoms with van der Waals surface area (Å²) in [5.41, 5.74) is 0. The lowest BCUT2D eigenvalue weighted by atomic mass is 10.5. The molecule has 0 rings (SSSR count). The van der Waals surface area contributed by atoms with Crippen LogP contribution >= 0.6 is 0 Å². The molecule has 0 atom stereocenters. The molecule has 0 amide bonds. The van der Waals surface area contributed by atoms with E-state index in [0.717, 1.165) is 0 Å². The Hall–Kier alpha value is -0.120. The Morgan fingerprint density at radius 2 is 1.46 bits per heavy atom. The van der Waals surface area contributed by atoms with Crippen LogP contribution in [0.1, 0.15) is 20.3 Å². The summed E-state index contributed by atoms with van der Waals surface area (Å²) in [7, 11) is 0. The molecule has 78 valence electrons. The fourth-order valence-corrected chi connectivity index (χ4v) is 0.748. The van der Waals surface area contributed by atoms with E-state index >= 15 is 0 Å². The Morgan fingerprint density at radius 1 is 0.923 bits per heavy atom. The van der Waals surface area contributed by atoms with Crippen LogP contribution < -0.4 is 0 Å². The van der Waals surface area contributed by atoms with E-state index in [-0.39, 0.29) is 6.10 Å². The average Bonchev–Trinajstić information content (AvgIpc) is 2.09. The molecule has 0 aromatic carbocycles. The SMILES string of the molecule is [CH]CCOCCOCCOC(C)C. The second-order valence-corrected chi connectivity index (χ2v) is 2.93. The van der Waals surface area contributed by atoms with Crippen molar-refractivity contribution in [3.05, 3.63) is 6.92 Å². The van der Waals surface area contributed by atoms with Crippen LogP contribution in [0.5, 0.6) is 0 Å². The summed E-state index contributed by atoms with van der Waals surface area (Å²) in [5.74, 6) is 0. The van der Waals surface area contributed by atoms with Gasteiger partial charge in [0.2, 0.25) is 0 Å². The number of ether oxygens (including phenoxy) is 3. The largest absolute Gasteiger partial charge is 0.379 e. The zero-order chi connectivity index (χ0) is 9.94. The molecule has 0 spiro atoms. The number of hydrogen-bond acceptors (Lipinski definition) is 3. The molecule has 0 bridgehead atoms. The van der Waals surface area contributed by atoms with Gasteiger partial charge in [0.25, 0.3) is 0 Å². The van der Waals surface area contributed by atoms with Crippen LogP contribution in [0.25, 0.3) is 0 Å². The fraction of sp³-hybridized carbons (Fsp3) is 0.900. The van der Waals surface area contributed by atoms with Crippen LogP contribution in [0.4, 0.5) is 0 Å². The molecular weight excluding hydrogens is 168 g/mol. The summed E-state index contributed by atoms with van der Waals surface area (Å²) in [6.45, 7) is 12.3. The van der Waals surface area contributed by atoms with Crippen molar-refractivity contribution in [2.75, 3.05) is 33.0 Å². The Morgan fingerprint density at radius 3 is 2.00 bits per heavy atom. The Kier molecular flexibility index (Phi) is 9.87. The minimum atomic E-state index is 0.275. The van der Waals surface area contributed by atoms with Gasteiger partial charge in [-0.15, -0.1) is 0 Å². The summed E-state index contributed by atoms with van der Waals surface area (Å²) >= 11 is 0. The van der Waals surface area contributed by atoms with Gasteiger partial charge in [0.15, 0.2) is 0 Å². The monoisotopic (exact) mass is 188 g/mol. The zero-order valence-electron chi connectivity index (χ0n) is 8.62. The summed E-state index contributed by atoms with van der Waals surface area (Å²) in [6, 6.07) is 0. The number of rotatable bonds is 9. The van der Waals surface area contributed by atoms with Gasteiger partial charge in [-0.1, -0.05) is 0 Å². The van der Waals surface area contributed by atoms with E-state index in [1.54, 1.807) is 0 Å². The van der Waals surface area contributed by atoms with Crippen molar-refractivity contribution in [2.45, 2.75) is 26.4 Å². The van der Waals surface area contributed by atoms with E-state index in [4.69, 9.17) is 21.1 Å². The minimum Gasteiger partial charge on any atom is -0.379 e. The summed E-state index contributed by atoms with van der Waals surface area (Å²) in [5, 5.41) is 0. The van der Waals surface area contributed by atoms with Crippen LogP contribution in [-0.4, -0.2) is 39.1 Å². The average molecular weight is 188 g/mol. The van der Waals surface area contributed by atoms with Crippen LogP contribution in [0.3, 0.4) is 0 Å². The molecule has 3 heteroatoms. The summed E-state index contributed by atoms with van der Waals surface area (Å²) in [6.07, 6.45) is 0.841. The molecule has 0 aliphatic rings. The highest BCUT2D eigenvalue weighted by molar-refractivity contribution is 4.38. The van der Waals surface area contributed by atoms with Crippen molar-refractivity contribution in [1.82, 2.24) is 0 Å².